The van der Waals surface area contributed by atoms with E-state index in [1.54, 1.807) is 0 Å². The van der Waals surface area contributed by atoms with Gasteiger partial charge >= 0.3 is 0 Å². The first-order chi connectivity index (χ1) is 9.60. The van der Waals surface area contributed by atoms with Gasteiger partial charge in [-0.25, -0.2) is 0 Å². The van der Waals surface area contributed by atoms with E-state index in [-0.39, 0.29) is 0 Å². The lowest BCUT2D eigenvalue weighted by atomic mass is 10.1. The van der Waals surface area contributed by atoms with Crippen LogP contribution in [0.5, 0.6) is 0 Å². The number of hydrogen-bond acceptors (Lipinski definition) is 2. The smallest absolute Gasteiger partial charge is 0.0595 e. The molecule has 0 saturated carbocycles. The third kappa shape index (κ3) is 4.36. The Labute approximate surface area is 132 Å². The van der Waals surface area contributed by atoms with Crippen LogP contribution in [0.4, 0.5) is 0 Å². The van der Waals surface area contributed by atoms with Crippen molar-refractivity contribution in [1.29, 1.82) is 0 Å². The summed E-state index contributed by atoms with van der Waals surface area (Å²) in [5.41, 5.74) is 1.24. The Bertz CT molecular complexity index is 436. The molecular weight excluding hydrogens is 291 g/mol. The third-order valence-electron chi connectivity index (χ3n) is 4.08. The van der Waals surface area contributed by atoms with Crippen LogP contribution in [-0.4, -0.2) is 30.1 Å². The number of rotatable bonds is 4. The molecule has 0 spiro atoms. The standard InChI is InChI=1S/C16H24Cl2N2/c1-3-4-14-11-20(12(2)7-8-19-14)10-13-5-6-15(17)16(18)9-13/h5-6,9,12,14,19H,3-4,7-8,10-11H2,1-2H3. The average molecular weight is 315 g/mol. The van der Waals surface area contributed by atoms with Crippen molar-refractivity contribution in [2.75, 3.05) is 13.1 Å². The van der Waals surface area contributed by atoms with E-state index in [1.165, 1.54) is 24.8 Å². The average Bonchev–Trinajstić information content (AvgIpc) is 2.57. The maximum atomic E-state index is 6.12. The highest BCUT2D eigenvalue weighted by atomic mass is 35.5. The molecular formula is C16H24Cl2N2. The van der Waals surface area contributed by atoms with Crippen molar-refractivity contribution in [3.05, 3.63) is 33.8 Å². The molecule has 2 nitrogen and oxygen atoms in total. The van der Waals surface area contributed by atoms with E-state index in [9.17, 15) is 0 Å². The van der Waals surface area contributed by atoms with Crippen molar-refractivity contribution < 1.29 is 0 Å². The molecule has 1 aliphatic heterocycles. The molecule has 2 unspecified atom stereocenters. The maximum Gasteiger partial charge on any atom is 0.0595 e. The molecule has 1 aliphatic rings. The van der Waals surface area contributed by atoms with Crippen molar-refractivity contribution in [3.63, 3.8) is 0 Å². The Kier molecular flexibility index (Phi) is 6.16. The summed E-state index contributed by atoms with van der Waals surface area (Å²) in [6.45, 7) is 7.73. The molecule has 0 aromatic heterocycles. The molecule has 0 aliphatic carbocycles. The van der Waals surface area contributed by atoms with Crippen molar-refractivity contribution in [2.24, 2.45) is 0 Å². The van der Waals surface area contributed by atoms with Gasteiger partial charge in [0.1, 0.15) is 0 Å². The molecule has 1 N–H and O–H groups in total. The van der Waals surface area contributed by atoms with Gasteiger partial charge in [-0.15, -0.1) is 0 Å². The second kappa shape index (κ2) is 7.65. The Morgan fingerprint density at radius 2 is 2.10 bits per heavy atom. The van der Waals surface area contributed by atoms with Gasteiger partial charge in [-0.2, -0.15) is 0 Å². The van der Waals surface area contributed by atoms with Crippen molar-refractivity contribution >= 4 is 23.2 Å². The molecule has 112 valence electrons. The normalized spacial score (nSPS) is 24.6. The van der Waals surface area contributed by atoms with E-state index in [0.717, 1.165) is 19.6 Å². The van der Waals surface area contributed by atoms with Crippen molar-refractivity contribution in [2.45, 2.75) is 51.7 Å². The molecule has 0 amide bonds. The lowest BCUT2D eigenvalue weighted by Gasteiger charge is -2.29. The molecule has 4 heteroatoms. The van der Waals surface area contributed by atoms with Crippen LogP contribution in [0.3, 0.4) is 0 Å². The van der Waals surface area contributed by atoms with Crippen LogP contribution in [0.25, 0.3) is 0 Å². The number of benzene rings is 1. The van der Waals surface area contributed by atoms with Crippen LogP contribution >= 0.6 is 23.2 Å². The zero-order valence-corrected chi connectivity index (χ0v) is 13.8. The number of halogens is 2. The lowest BCUT2D eigenvalue weighted by molar-refractivity contribution is 0.193. The predicted octanol–water partition coefficient (Wildman–Crippen LogP) is 4.35. The van der Waals surface area contributed by atoms with Gasteiger partial charge in [-0.1, -0.05) is 42.6 Å². The minimum Gasteiger partial charge on any atom is -0.313 e. The van der Waals surface area contributed by atoms with Gasteiger partial charge in [0.25, 0.3) is 0 Å². The zero-order valence-electron chi connectivity index (χ0n) is 12.3. The minimum absolute atomic E-state index is 0.596. The monoisotopic (exact) mass is 314 g/mol. The van der Waals surface area contributed by atoms with E-state index in [2.05, 4.69) is 30.1 Å². The fraction of sp³-hybridized carbons (Fsp3) is 0.625. The second-order valence-corrected chi connectivity index (χ2v) is 6.57. The van der Waals surface area contributed by atoms with Crippen LogP contribution < -0.4 is 5.32 Å². The largest absolute Gasteiger partial charge is 0.313 e. The van der Waals surface area contributed by atoms with Gasteiger partial charge < -0.3 is 5.32 Å². The van der Waals surface area contributed by atoms with E-state index in [0.29, 0.717) is 22.1 Å². The number of nitrogens with zero attached hydrogens (tertiary/aromatic N) is 1. The molecule has 20 heavy (non-hydrogen) atoms. The molecule has 1 saturated heterocycles. The molecule has 2 rings (SSSR count). The zero-order chi connectivity index (χ0) is 14.5. The second-order valence-electron chi connectivity index (χ2n) is 5.76. The van der Waals surface area contributed by atoms with Crippen molar-refractivity contribution in [1.82, 2.24) is 10.2 Å². The van der Waals surface area contributed by atoms with Gasteiger partial charge in [0, 0.05) is 25.2 Å². The highest BCUT2D eigenvalue weighted by Gasteiger charge is 2.22. The molecule has 1 heterocycles. The summed E-state index contributed by atoms with van der Waals surface area (Å²) >= 11 is 12.1. The molecule has 0 radical (unpaired) electrons. The summed E-state index contributed by atoms with van der Waals surface area (Å²) in [4.78, 5) is 2.56. The van der Waals surface area contributed by atoms with Gasteiger partial charge in [0.2, 0.25) is 0 Å². The van der Waals surface area contributed by atoms with Gasteiger partial charge in [0.05, 0.1) is 10.0 Å². The van der Waals surface area contributed by atoms with Crippen LogP contribution in [0.2, 0.25) is 10.0 Å². The van der Waals surface area contributed by atoms with E-state index >= 15 is 0 Å². The van der Waals surface area contributed by atoms with Gasteiger partial charge in [0.15, 0.2) is 0 Å². The Morgan fingerprint density at radius 3 is 2.80 bits per heavy atom. The summed E-state index contributed by atoms with van der Waals surface area (Å²) in [7, 11) is 0. The minimum atomic E-state index is 0.596. The predicted molar refractivity (Wildman–Crippen MR) is 87.6 cm³/mol. The Balaban J connectivity index is 2.05. The SMILES string of the molecule is CCCC1CN(Cc2ccc(Cl)c(Cl)c2)C(C)CCN1. The van der Waals surface area contributed by atoms with Crippen LogP contribution in [0.1, 0.15) is 38.7 Å². The topological polar surface area (TPSA) is 15.3 Å². The number of nitrogens with one attached hydrogen (secondary N) is 1. The van der Waals surface area contributed by atoms with Gasteiger partial charge in [-0.3, -0.25) is 4.90 Å². The molecule has 2 atom stereocenters. The van der Waals surface area contributed by atoms with Gasteiger partial charge in [-0.05, 0) is 44.0 Å². The fourth-order valence-electron chi connectivity index (χ4n) is 2.84. The summed E-state index contributed by atoms with van der Waals surface area (Å²) in [6, 6.07) is 7.16. The summed E-state index contributed by atoms with van der Waals surface area (Å²) in [6.07, 6.45) is 3.67. The van der Waals surface area contributed by atoms with E-state index in [1.807, 2.05) is 12.1 Å². The van der Waals surface area contributed by atoms with Crippen LogP contribution in [-0.2, 0) is 6.54 Å². The molecule has 0 bridgehead atoms. The Hall–Kier alpha value is -0.280. The fourth-order valence-corrected chi connectivity index (χ4v) is 3.16. The first-order valence-electron chi connectivity index (χ1n) is 7.51. The van der Waals surface area contributed by atoms with E-state index in [4.69, 9.17) is 23.2 Å². The van der Waals surface area contributed by atoms with Crippen LogP contribution in [0.15, 0.2) is 18.2 Å². The molecule has 1 fully saturated rings. The first-order valence-corrected chi connectivity index (χ1v) is 8.27. The maximum absolute atomic E-state index is 6.12. The highest BCUT2D eigenvalue weighted by molar-refractivity contribution is 6.42. The number of hydrogen-bond donors (Lipinski definition) is 1. The lowest BCUT2D eigenvalue weighted by Crippen LogP contribution is -2.39. The highest BCUT2D eigenvalue weighted by Crippen LogP contribution is 2.24. The first kappa shape index (κ1) is 16.1. The van der Waals surface area contributed by atoms with E-state index < -0.39 is 0 Å². The van der Waals surface area contributed by atoms with Crippen molar-refractivity contribution in [3.8, 4) is 0 Å². The summed E-state index contributed by atoms with van der Waals surface area (Å²) in [5.74, 6) is 0. The third-order valence-corrected chi connectivity index (χ3v) is 4.82. The quantitative estimate of drug-likeness (QED) is 0.889. The summed E-state index contributed by atoms with van der Waals surface area (Å²) < 4.78 is 0. The van der Waals surface area contributed by atoms with Crippen LogP contribution in [0, 0.1) is 0 Å². The Morgan fingerprint density at radius 1 is 1.30 bits per heavy atom. The summed E-state index contributed by atoms with van der Waals surface area (Å²) in [5, 5.41) is 4.94. The molecule has 1 aromatic rings. The molecule has 1 aromatic carbocycles.